The Bertz CT molecular complexity index is 556. The summed E-state index contributed by atoms with van der Waals surface area (Å²) in [5, 5.41) is 10.9. The van der Waals surface area contributed by atoms with Crippen LogP contribution in [0.25, 0.3) is 0 Å². The zero-order valence-electron chi connectivity index (χ0n) is 10.1. The summed E-state index contributed by atoms with van der Waals surface area (Å²) in [6.07, 6.45) is 0.716. The molecule has 18 heavy (non-hydrogen) atoms. The highest BCUT2D eigenvalue weighted by Crippen LogP contribution is 2.24. The van der Waals surface area contributed by atoms with E-state index in [1.54, 1.807) is 6.07 Å². The van der Waals surface area contributed by atoms with Crippen LogP contribution in [0.1, 0.15) is 24.3 Å². The topological polar surface area (TPSA) is 51.0 Å². The number of aryl methyl sites for hydroxylation is 2. The second kappa shape index (κ2) is 5.48. The van der Waals surface area contributed by atoms with Gasteiger partial charge in [-0.05, 0) is 40.5 Å². The van der Waals surface area contributed by atoms with Crippen molar-refractivity contribution in [3.05, 3.63) is 39.8 Å². The molecule has 0 saturated carbocycles. The monoisotopic (exact) mass is 313 g/mol. The third kappa shape index (κ3) is 2.87. The quantitative estimate of drug-likeness (QED) is 0.939. The number of hydrogen-bond acceptors (Lipinski definition) is 4. The van der Waals surface area contributed by atoms with Gasteiger partial charge in [-0.15, -0.1) is 10.2 Å². The number of benzene rings is 1. The van der Waals surface area contributed by atoms with Crippen LogP contribution in [0.15, 0.2) is 21.0 Å². The molecule has 0 radical (unpaired) electrons. The van der Waals surface area contributed by atoms with Gasteiger partial charge in [-0.25, -0.2) is 4.39 Å². The van der Waals surface area contributed by atoms with Crippen LogP contribution in [0.4, 0.5) is 10.1 Å². The Morgan fingerprint density at radius 1 is 1.33 bits per heavy atom. The molecule has 0 aliphatic heterocycles. The average molecular weight is 314 g/mol. The molecule has 96 valence electrons. The van der Waals surface area contributed by atoms with E-state index in [-0.39, 0.29) is 5.82 Å². The SMILES string of the molecule is CCc1nnc(CNc2cc(Br)c(F)cc2C)o1. The maximum Gasteiger partial charge on any atom is 0.235 e. The van der Waals surface area contributed by atoms with Gasteiger partial charge in [-0.1, -0.05) is 6.92 Å². The van der Waals surface area contributed by atoms with Gasteiger partial charge in [0.25, 0.3) is 0 Å². The number of halogens is 2. The Hall–Kier alpha value is -1.43. The van der Waals surface area contributed by atoms with Gasteiger partial charge in [0.1, 0.15) is 5.82 Å². The number of nitrogens with zero attached hydrogens (tertiary/aromatic N) is 2. The highest BCUT2D eigenvalue weighted by molar-refractivity contribution is 9.10. The maximum atomic E-state index is 13.3. The molecule has 2 rings (SSSR count). The molecular weight excluding hydrogens is 301 g/mol. The maximum absolute atomic E-state index is 13.3. The predicted molar refractivity (Wildman–Crippen MR) is 69.8 cm³/mol. The number of rotatable bonds is 4. The van der Waals surface area contributed by atoms with E-state index in [1.165, 1.54) is 6.07 Å². The molecule has 0 atom stereocenters. The lowest BCUT2D eigenvalue weighted by Crippen LogP contribution is -2.02. The summed E-state index contributed by atoms with van der Waals surface area (Å²) in [7, 11) is 0. The highest BCUT2D eigenvalue weighted by atomic mass is 79.9. The lowest BCUT2D eigenvalue weighted by molar-refractivity contribution is 0.460. The predicted octanol–water partition coefficient (Wildman–Crippen LogP) is 3.45. The molecule has 0 unspecified atom stereocenters. The van der Waals surface area contributed by atoms with Gasteiger partial charge in [0.15, 0.2) is 0 Å². The summed E-state index contributed by atoms with van der Waals surface area (Å²) < 4.78 is 19.1. The second-order valence-corrected chi connectivity index (χ2v) is 4.73. The zero-order valence-corrected chi connectivity index (χ0v) is 11.7. The Balaban J connectivity index is 2.08. The van der Waals surface area contributed by atoms with Crippen molar-refractivity contribution in [3.63, 3.8) is 0 Å². The minimum atomic E-state index is -0.274. The number of hydrogen-bond donors (Lipinski definition) is 1. The minimum absolute atomic E-state index is 0.274. The second-order valence-electron chi connectivity index (χ2n) is 3.88. The van der Waals surface area contributed by atoms with Crippen LogP contribution >= 0.6 is 15.9 Å². The van der Waals surface area contributed by atoms with Crippen molar-refractivity contribution in [2.75, 3.05) is 5.32 Å². The highest BCUT2D eigenvalue weighted by Gasteiger charge is 2.07. The van der Waals surface area contributed by atoms with Crippen molar-refractivity contribution >= 4 is 21.6 Å². The van der Waals surface area contributed by atoms with E-state index in [4.69, 9.17) is 4.42 Å². The van der Waals surface area contributed by atoms with E-state index in [1.807, 2.05) is 13.8 Å². The molecular formula is C12H13BrFN3O. The molecule has 0 saturated heterocycles. The molecule has 0 amide bonds. The van der Waals surface area contributed by atoms with Crippen LogP contribution < -0.4 is 5.32 Å². The fourth-order valence-electron chi connectivity index (χ4n) is 1.51. The Kier molecular flexibility index (Phi) is 3.96. The largest absolute Gasteiger partial charge is 0.423 e. The smallest absolute Gasteiger partial charge is 0.235 e. The molecule has 0 spiro atoms. The fourth-order valence-corrected chi connectivity index (χ4v) is 1.85. The molecule has 2 aromatic rings. The van der Waals surface area contributed by atoms with Gasteiger partial charge in [-0.2, -0.15) is 0 Å². The van der Waals surface area contributed by atoms with Crippen LogP contribution in [0.3, 0.4) is 0 Å². The third-order valence-electron chi connectivity index (χ3n) is 2.51. The molecule has 1 aromatic heterocycles. The van der Waals surface area contributed by atoms with Gasteiger partial charge in [0.05, 0.1) is 11.0 Å². The van der Waals surface area contributed by atoms with Crippen molar-refractivity contribution in [1.82, 2.24) is 10.2 Å². The van der Waals surface area contributed by atoms with E-state index >= 15 is 0 Å². The third-order valence-corrected chi connectivity index (χ3v) is 3.12. The summed E-state index contributed by atoms with van der Waals surface area (Å²) >= 11 is 3.16. The van der Waals surface area contributed by atoms with Crippen LogP contribution in [0.2, 0.25) is 0 Å². The Labute approximate surface area is 113 Å². The van der Waals surface area contributed by atoms with E-state index in [9.17, 15) is 4.39 Å². The first-order valence-electron chi connectivity index (χ1n) is 5.61. The van der Waals surface area contributed by atoms with E-state index < -0.39 is 0 Å². The molecule has 0 aliphatic rings. The molecule has 4 nitrogen and oxygen atoms in total. The summed E-state index contributed by atoms with van der Waals surface area (Å²) in [4.78, 5) is 0. The van der Waals surface area contributed by atoms with Gasteiger partial charge in [0.2, 0.25) is 11.8 Å². The lowest BCUT2D eigenvalue weighted by Gasteiger charge is -2.08. The van der Waals surface area contributed by atoms with E-state index in [0.717, 1.165) is 11.3 Å². The van der Waals surface area contributed by atoms with E-state index in [0.29, 0.717) is 29.2 Å². The molecule has 6 heteroatoms. The molecule has 1 aromatic carbocycles. The summed E-state index contributed by atoms with van der Waals surface area (Å²) in [6, 6.07) is 3.17. The van der Waals surface area contributed by atoms with Crippen LogP contribution in [-0.2, 0) is 13.0 Å². The van der Waals surface area contributed by atoms with Crippen molar-refractivity contribution < 1.29 is 8.81 Å². The lowest BCUT2D eigenvalue weighted by atomic mass is 10.2. The molecule has 0 bridgehead atoms. The molecule has 0 fully saturated rings. The van der Waals surface area contributed by atoms with Gasteiger partial charge < -0.3 is 9.73 Å². The molecule has 1 N–H and O–H groups in total. The fraction of sp³-hybridized carbons (Fsp3) is 0.333. The summed E-state index contributed by atoms with van der Waals surface area (Å²) in [5.41, 5.74) is 1.66. The van der Waals surface area contributed by atoms with Crippen molar-refractivity contribution in [3.8, 4) is 0 Å². The van der Waals surface area contributed by atoms with Crippen molar-refractivity contribution in [2.24, 2.45) is 0 Å². The molecule has 1 heterocycles. The van der Waals surface area contributed by atoms with Gasteiger partial charge in [-0.3, -0.25) is 0 Å². The summed E-state index contributed by atoms with van der Waals surface area (Å²) in [6.45, 7) is 4.21. The minimum Gasteiger partial charge on any atom is -0.423 e. The van der Waals surface area contributed by atoms with E-state index in [2.05, 4.69) is 31.4 Å². The normalized spacial score (nSPS) is 10.7. The first-order valence-corrected chi connectivity index (χ1v) is 6.40. The first-order chi connectivity index (χ1) is 8.60. The summed E-state index contributed by atoms with van der Waals surface area (Å²) in [5.74, 6) is 0.861. The van der Waals surface area contributed by atoms with Crippen LogP contribution in [0.5, 0.6) is 0 Å². The van der Waals surface area contributed by atoms with Crippen LogP contribution in [-0.4, -0.2) is 10.2 Å². The van der Waals surface area contributed by atoms with Crippen molar-refractivity contribution in [2.45, 2.75) is 26.8 Å². The van der Waals surface area contributed by atoms with Gasteiger partial charge >= 0.3 is 0 Å². The van der Waals surface area contributed by atoms with Crippen LogP contribution in [0, 0.1) is 12.7 Å². The molecule has 0 aliphatic carbocycles. The first kappa shape index (κ1) is 13.0. The Morgan fingerprint density at radius 3 is 2.72 bits per heavy atom. The van der Waals surface area contributed by atoms with Gasteiger partial charge in [0, 0.05) is 12.1 Å². The van der Waals surface area contributed by atoms with Crippen molar-refractivity contribution in [1.29, 1.82) is 0 Å². The number of aromatic nitrogens is 2. The zero-order chi connectivity index (χ0) is 13.1. The average Bonchev–Trinajstić information content (AvgIpc) is 2.80. The standard InChI is InChI=1S/C12H13BrFN3O/c1-3-11-16-17-12(18-11)6-15-10-5-8(13)9(14)4-7(10)2/h4-5,15H,3,6H2,1-2H3. The number of nitrogens with one attached hydrogen (secondary N) is 1. The Morgan fingerprint density at radius 2 is 2.06 bits per heavy atom. The number of anilines is 1.